The van der Waals surface area contributed by atoms with Gasteiger partial charge in [0.05, 0.1) is 5.92 Å². The summed E-state index contributed by atoms with van der Waals surface area (Å²) in [6.45, 7) is 8.10. The van der Waals surface area contributed by atoms with Crippen LogP contribution in [0.1, 0.15) is 33.1 Å². The van der Waals surface area contributed by atoms with Crippen molar-refractivity contribution in [1.29, 1.82) is 0 Å². The number of carboxylic acid groups (broad SMARTS) is 2. The number of piperidine rings is 1. The average molecular weight is 635 g/mol. The van der Waals surface area contributed by atoms with E-state index in [1.54, 1.807) is 12.1 Å². The number of sulfonamides is 1. The Balaban J connectivity index is 0.000000367. The lowest BCUT2D eigenvalue weighted by atomic mass is 9.76. The quantitative estimate of drug-likeness (QED) is 0.414. The minimum Gasteiger partial charge on any atom is -0.475 e. The number of halogens is 6. The molecule has 1 spiro atoms. The van der Waals surface area contributed by atoms with E-state index in [1.807, 2.05) is 0 Å². The first kappa shape index (κ1) is 35.2. The lowest BCUT2D eigenvalue weighted by Crippen LogP contribution is -2.56. The maximum atomic E-state index is 12.9. The van der Waals surface area contributed by atoms with Gasteiger partial charge in [0.1, 0.15) is 0 Å². The van der Waals surface area contributed by atoms with Crippen LogP contribution in [0.15, 0.2) is 29.4 Å². The molecule has 1 amide bonds. The zero-order valence-electron chi connectivity index (χ0n) is 22.7. The number of amides is 1. The summed E-state index contributed by atoms with van der Waals surface area (Å²) >= 11 is 0. The van der Waals surface area contributed by atoms with Crippen LogP contribution in [0, 0.1) is 17.8 Å². The maximum absolute atomic E-state index is 12.9. The normalized spacial score (nSPS) is 22.5. The van der Waals surface area contributed by atoms with E-state index in [0.29, 0.717) is 31.8 Å². The van der Waals surface area contributed by atoms with E-state index in [2.05, 4.69) is 29.0 Å². The predicted octanol–water partition coefficient (Wildman–Crippen LogP) is 2.60. The van der Waals surface area contributed by atoms with Crippen LogP contribution in [-0.4, -0.2) is 101 Å². The van der Waals surface area contributed by atoms with Crippen LogP contribution < -0.4 is 5.32 Å². The van der Waals surface area contributed by atoms with Crippen molar-refractivity contribution in [1.82, 2.24) is 19.5 Å². The number of hydrogen-bond donors (Lipinski definition) is 3. The standard InChI is InChI=1S/C20H30N4O3S.2C2HF3O2/c1-15(2)6-10-23-13-16-17(14-23)20(22-19(16)25)7-11-24(12-8-20)28(26,27)18-5-3-4-9-21-18;2*3-2(4,5)1(6)7/h3-5,9,15-17H,6-8,10-14H2,1-2H3,(H,22,25);2*(H,6,7)/t16-,17+;;/m1../s1. The van der Waals surface area contributed by atoms with Crippen LogP contribution in [0.2, 0.25) is 0 Å². The molecule has 0 aliphatic carbocycles. The van der Waals surface area contributed by atoms with Gasteiger partial charge < -0.3 is 20.4 Å². The summed E-state index contributed by atoms with van der Waals surface area (Å²) in [5.41, 5.74) is -0.259. The van der Waals surface area contributed by atoms with Crippen molar-refractivity contribution in [2.75, 3.05) is 32.7 Å². The van der Waals surface area contributed by atoms with Crippen molar-refractivity contribution in [3.05, 3.63) is 24.4 Å². The van der Waals surface area contributed by atoms with Crippen LogP contribution in [0.3, 0.4) is 0 Å². The number of carbonyl (C=O) groups excluding carboxylic acids is 1. The van der Waals surface area contributed by atoms with Gasteiger partial charge in [-0.1, -0.05) is 19.9 Å². The number of fused-ring (bicyclic) bond motifs is 2. The summed E-state index contributed by atoms with van der Waals surface area (Å²) in [4.78, 5) is 36.9. The zero-order valence-corrected chi connectivity index (χ0v) is 23.5. The van der Waals surface area contributed by atoms with Gasteiger partial charge in [-0.3, -0.25) is 4.79 Å². The van der Waals surface area contributed by atoms with Gasteiger partial charge in [-0.05, 0) is 43.9 Å². The molecule has 3 aliphatic rings. The summed E-state index contributed by atoms with van der Waals surface area (Å²) in [5, 5.41) is 17.6. The first-order valence-electron chi connectivity index (χ1n) is 12.8. The summed E-state index contributed by atoms with van der Waals surface area (Å²) in [5.74, 6) is -4.38. The smallest absolute Gasteiger partial charge is 0.475 e. The van der Waals surface area contributed by atoms with Crippen molar-refractivity contribution in [3.63, 3.8) is 0 Å². The molecule has 3 fully saturated rings. The number of alkyl halides is 6. The fraction of sp³-hybridized carbons (Fsp3) is 0.667. The van der Waals surface area contributed by atoms with Gasteiger partial charge in [0, 0.05) is 43.8 Å². The lowest BCUT2D eigenvalue weighted by Gasteiger charge is -2.42. The average Bonchev–Trinajstić information content (AvgIpc) is 3.42. The number of carboxylic acids is 2. The monoisotopic (exact) mass is 634 g/mol. The Morgan fingerprint density at radius 2 is 1.57 bits per heavy atom. The molecule has 1 aromatic heterocycles. The van der Waals surface area contributed by atoms with Gasteiger partial charge in [-0.2, -0.15) is 30.6 Å². The Morgan fingerprint density at radius 3 is 2.00 bits per heavy atom. The van der Waals surface area contributed by atoms with Crippen LogP contribution in [0.4, 0.5) is 26.3 Å². The number of aromatic nitrogens is 1. The third kappa shape index (κ3) is 9.00. The van der Waals surface area contributed by atoms with Crippen LogP contribution >= 0.6 is 0 Å². The van der Waals surface area contributed by atoms with Crippen LogP contribution in [0.25, 0.3) is 0 Å². The molecule has 11 nitrogen and oxygen atoms in total. The van der Waals surface area contributed by atoms with E-state index in [1.165, 1.54) is 16.6 Å². The van der Waals surface area contributed by atoms with E-state index in [9.17, 15) is 39.6 Å². The second kappa shape index (κ2) is 13.5. The SMILES string of the molecule is CC(C)CCN1C[C@H]2C(=O)NC3(CCN(S(=O)(=O)c4ccccn4)CC3)[C@H]2C1.O=C(O)C(F)(F)F.O=C(O)C(F)(F)F. The number of nitrogens with zero attached hydrogens (tertiary/aromatic N) is 3. The number of nitrogens with one attached hydrogen (secondary N) is 1. The number of pyridine rings is 1. The van der Waals surface area contributed by atoms with Gasteiger partial charge in [0.15, 0.2) is 5.03 Å². The largest absolute Gasteiger partial charge is 0.490 e. The highest BCUT2D eigenvalue weighted by Gasteiger charge is 2.57. The molecule has 4 rings (SSSR count). The zero-order chi connectivity index (χ0) is 32.1. The highest BCUT2D eigenvalue weighted by molar-refractivity contribution is 7.89. The Bertz CT molecular complexity index is 1180. The second-order valence-electron chi connectivity index (χ2n) is 10.5. The highest BCUT2D eigenvalue weighted by atomic mass is 32.2. The first-order valence-corrected chi connectivity index (χ1v) is 14.2. The molecule has 3 N–H and O–H groups in total. The van der Waals surface area contributed by atoms with Gasteiger partial charge in [0.25, 0.3) is 10.0 Å². The fourth-order valence-electron chi connectivity index (χ4n) is 5.02. The molecule has 42 heavy (non-hydrogen) atoms. The van der Waals surface area contributed by atoms with Crippen LogP contribution in [-0.2, 0) is 24.4 Å². The van der Waals surface area contributed by atoms with Gasteiger partial charge in [-0.15, -0.1) is 0 Å². The molecule has 0 radical (unpaired) electrons. The van der Waals surface area contributed by atoms with Crippen molar-refractivity contribution >= 4 is 27.9 Å². The van der Waals surface area contributed by atoms with Gasteiger partial charge in [-0.25, -0.2) is 23.0 Å². The number of aliphatic carboxylic acids is 2. The van der Waals surface area contributed by atoms with E-state index in [-0.39, 0.29) is 28.3 Å². The van der Waals surface area contributed by atoms with Gasteiger partial charge >= 0.3 is 24.3 Å². The molecule has 3 aliphatic heterocycles. The van der Waals surface area contributed by atoms with E-state index in [4.69, 9.17) is 19.8 Å². The molecule has 18 heteroatoms. The third-order valence-electron chi connectivity index (χ3n) is 7.18. The molecule has 0 bridgehead atoms. The number of carbonyl (C=O) groups is 3. The number of hydrogen-bond acceptors (Lipinski definition) is 7. The molecular formula is C24H32F6N4O7S. The molecule has 0 aromatic carbocycles. The molecule has 238 valence electrons. The fourth-order valence-corrected chi connectivity index (χ4v) is 6.39. The molecule has 1 aromatic rings. The number of likely N-dealkylation sites (tertiary alicyclic amines) is 1. The maximum Gasteiger partial charge on any atom is 0.490 e. The van der Waals surface area contributed by atoms with Crippen molar-refractivity contribution in [2.24, 2.45) is 17.8 Å². The minimum atomic E-state index is -5.08. The lowest BCUT2D eigenvalue weighted by molar-refractivity contribution is -0.193. The molecule has 0 saturated carbocycles. The molecule has 0 unspecified atom stereocenters. The Morgan fingerprint density at radius 1 is 1.05 bits per heavy atom. The molecular weight excluding hydrogens is 602 g/mol. The summed E-state index contributed by atoms with van der Waals surface area (Å²) in [6, 6.07) is 4.94. The first-order chi connectivity index (χ1) is 19.2. The van der Waals surface area contributed by atoms with Crippen LogP contribution in [0.5, 0.6) is 0 Å². The number of rotatable bonds is 5. The van der Waals surface area contributed by atoms with Crippen molar-refractivity contribution < 1.29 is 59.4 Å². The highest BCUT2D eigenvalue weighted by Crippen LogP contribution is 2.44. The van der Waals surface area contributed by atoms with Crippen molar-refractivity contribution in [2.45, 2.75) is 56.0 Å². The van der Waals surface area contributed by atoms with Crippen molar-refractivity contribution in [3.8, 4) is 0 Å². The summed E-state index contributed by atoms with van der Waals surface area (Å²) < 4.78 is 90.7. The second-order valence-corrected chi connectivity index (χ2v) is 12.4. The van der Waals surface area contributed by atoms with Gasteiger partial charge in [0.2, 0.25) is 5.91 Å². The third-order valence-corrected chi connectivity index (χ3v) is 8.99. The Kier molecular flexibility index (Phi) is 11.4. The van der Waals surface area contributed by atoms with E-state index >= 15 is 0 Å². The minimum absolute atomic E-state index is 0.0473. The van der Waals surface area contributed by atoms with E-state index in [0.717, 1.165) is 26.1 Å². The predicted molar refractivity (Wildman–Crippen MR) is 133 cm³/mol. The molecule has 4 heterocycles. The molecule has 2 atom stereocenters. The van der Waals surface area contributed by atoms with E-state index < -0.39 is 34.3 Å². The Labute approximate surface area is 237 Å². The topological polar surface area (TPSA) is 157 Å². The molecule has 3 saturated heterocycles. The summed E-state index contributed by atoms with van der Waals surface area (Å²) in [6.07, 6.45) is -6.18. The Hall–Kier alpha value is -2.99. The summed E-state index contributed by atoms with van der Waals surface area (Å²) in [7, 11) is -3.57.